The summed E-state index contributed by atoms with van der Waals surface area (Å²) in [7, 11) is 0. The molecule has 2 aromatic carbocycles. The minimum absolute atomic E-state index is 0.109. The number of carbonyl (C=O) groups is 1. The second-order valence-corrected chi connectivity index (χ2v) is 6.97. The summed E-state index contributed by atoms with van der Waals surface area (Å²) in [5.74, 6) is 1.20. The Labute approximate surface area is 169 Å². The Morgan fingerprint density at radius 1 is 1.07 bits per heavy atom. The first-order valence-electron chi connectivity index (χ1n) is 9.54. The zero-order valence-corrected chi connectivity index (χ0v) is 16.0. The average Bonchev–Trinajstić information content (AvgIpc) is 3.22. The van der Waals surface area contributed by atoms with Gasteiger partial charge in [-0.3, -0.25) is 9.69 Å². The summed E-state index contributed by atoms with van der Waals surface area (Å²) >= 11 is 0. The Morgan fingerprint density at radius 2 is 1.83 bits per heavy atom. The number of benzene rings is 2. The van der Waals surface area contributed by atoms with Crippen molar-refractivity contribution in [3.8, 4) is 17.6 Å². The first-order valence-corrected chi connectivity index (χ1v) is 9.54. The normalized spacial score (nSPS) is 16.4. The van der Waals surface area contributed by atoms with Gasteiger partial charge in [0.2, 0.25) is 6.79 Å². The van der Waals surface area contributed by atoms with Crippen LogP contribution in [0, 0.1) is 11.3 Å². The molecule has 148 valence electrons. The van der Waals surface area contributed by atoms with Gasteiger partial charge in [-0.2, -0.15) is 5.26 Å². The van der Waals surface area contributed by atoms with E-state index in [-0.39, 0.29) is 18.3 Å². The number of para-hydroxylation sites is 1. The van der Waals surface area contributed by atoms with Gasteiger partial charge in [0.15, 0.2) is 11.5 Å². The molecule has 1 amide bonds. The molecular formula is C22H22N4O3. The lowest BCUT2D eigenvalue weighted by atomic mass is 10.1. The maximum absolute atomic E-state index is 12.4. The average molecular weight is 390 g/mol. The number of hydrogen-bond acceptors (Lipinski definition) is 6. The lowest BCUT2D eigenvalue weighted by Gasteiger charge is -2.34. The number of nitrogens with one attached hydrogen (secondary N) is 1. The van der Waals surface area contributed by atoms with Gasteiger partial charge in [0.25, 0.3) is 5.91 Å². The van der Waals surface area contributed by atoms with E-state index in [2.05, 4.69) is 16.3 Å². The number of rotatable bonds is 5. The largest absolute Gasteiger partial charge is 0.454 e. The van der Waals surface area contributed by atoms with E-state index >= 15 is 0 Å². The van der Waals surface area contributed by atoms with E-state index in [4.69, 9.17) is 9.47 Å². The fraction of sp³-hybridized carbons (Fsp3) is 0.273. The Morgan fingerprint density at radius 3 is 2.59 bits per heavy atom. The maximum Gasteiger partial charge on any atom is 0.267 e. The SMILES string of the molecule is N#C/C(=C/N1CCN(Cc2ccc3c(c2)OCO3)CC1)C(=O)Nc1ccccc1. The summed E-state index contributed by atoms with van der Waals surface area (Å²) in [5.41, 5.74) is 1.96. The molecule has 0 bridgehead atoms. The third-order valence-corrected chi connectivity index (χ3v) is 4.96. The molecule has 4 rings (SSSR count). The predicted molar refractivity (Wildman–Crippen MR) is 108 cm³/mol. The molecule has 7 nitrogen and oxygen atoms in total. The van der Waals surface area contributed by atoms with E-state index < -0.39 is 0 Å². The zero-order valence-electron chi connectivity index (χ0n) is 16.0. The number of fused-ring (bicyclic) bond motifs is 1. The second kappa shape index (κ2) is 8.67. The third kappa shape index (κ3) is 4.68. The van der Waals surface area contributed by atoms with Gasteiger partial charge in [-0.1, -0.05) is 24.3 Å². The highest BCUT2D eigenvalue weighted by Crippen LogP contribution is 2.32. The molecule has 2 aliphatic rings. The summed E-state index contributed by atoms with van der Waals surface area (Å²) in [6.07, 6.45) is 1.66. The van der Waals surface area contributed by atoms with Gasteiger partial charge in [0.05, 0.1) is 0 Å². The van der Waals surface area contributed by atoms with Gasteiger partial charge >= 0.3 is 0 Å². The molecular weight excluding hydrogens is 368 g/mol. The second-order valence-electron chi connectivity index (χ2n) is 6.97. The first-order chi connectivity index (χ1) is 14.2. The van der Waals surface area contributed by atoms with Crippen LogP contribution in [0.3, 0.4) is 0 Å². The van der Waals surface area contributed by atoms with E-state index in [1.807, 2.05) is 41.3 Å². The van der Waals surface area contributed by atoms with Crippen molar-refractivity contribution in [2.45, 2.75) is 6.54 Å². The predicted octanol–water partition coefficient (Wildman–Crippen LogP) is 2.58. The van der Waals surface area contributed by atoms with E-state index in [0.29, 0.717) is 5.69 Å². The maximum atomic E-state index is 12.4. The summed E-state index contributed by atoms with van der Waals surface area (Å²) in [6.45, 7) is 4.33. The Kier molecular flexibility index (Phi) is 5.63. The van der Waals surface area contributed by atoms with Gasteiger partial charge in [-0.05, 0) is 29.8 Å². The van der Waals surface area contributed by atoms with Crippen LogP contribution < -0.4 is 14.8 Å². The van der Waals surface area contributed by atoms with E-state index in [9.17, 15) is 10.1 Å². The highest BCUT2D eigenvalue weighted by molar-refractivity contribution is 6.06. The molecule has 2 heterocycles. The molecule has 1 N–H and O–H groups in total. The number of amides is 1. The molecule has 0 saturated carbocycles. The standard InChI is InChI=1S/C22H22N4O3/c23-13-18(22(27)24-19-4-2-1-3-5-19)15-26-10-8-25(9-11-26)14-17-6-7-20-21(12-17)29-16-28-20/h1-7,12,15H,8-11,14,16H2,(H,24,27)/b18-15-. The fourth-order valence-corrected chi connectivity index (χ4v) is 3.39. The number of anilines is 1. The van der Waals surface area contributed by atoms with Gasteiger partial charge in [0.1, 0.15) is 11.6 Å². The highest BCUT2D eigenvalue weighted by atomic mass is 16.7. The van der Waals surface area contributed by atoms with Crippen LogP contribution in [0.1, 0.15) is 5.56 Å². The van der Waals surface area contributed by atoms with Crippen LogP contribution in [0.15, 0.2) is 60.3 Å². The zero-order chi connectivity index (χ0) is 20.1. The molecule has 0 spiro atoms. The van der Waals surface area contributed by atoms with E-state index in [0.717, 1.165) is 44.2 Å². The molecule has 0 atom stereocenters. The minimum atomic E-state index is -0.388. The van der Waals surface area contributed by atoms with Crippen LogP contribution in [0.25, 0.3) is 0 Å². The van der Waals surface area contributed by atoms with Gasteiger partial charge in [-0.15, -0.1) is 0 Å². The van der Waals surface area contributed by atoms with Crippen molar-refractivity contribution in [2.24, 2.45) is 0 Å². The topological polar surface area (TPSA) is 77.8 Å². The van der Waals surface area contributed by atoms with Gasteiger partial charge in [-0.25, -0.2) is 0 Å². The highest BCUT2D eigenvalue weighted by Gasteiger charge is 2.19. The van der Waals surface area contributed by atoms with Crippen molar-refractivity contribution in [3.05, 3.63) is 65.9 Å². The monoisotopic (exact) mass is 390 g/mol. The summed E-state index contributed by atoms with van der Waals surface area (Å²) in [5, 5.41) is 12.1. The van der Waals surface area contributed by atoms with E-state index in [1.54, 1.807) is 18.3 Å². The number of piperazine rings is 1. The smallest absolute Gasteiger partial charge is 0.267 e. The Balaban J connectivity index is 1.31. The van der Waals surface area contributed by atoms with Crippen LogP contribution in [0.4, 0.5) is 5.69 Å². The molecule has 0 aliphatic carbocycles. The lowest BCUT2D eigenvalue weighted by molar-refractivity contribution is -0.112. The quantitative estimate of drug-likeness (QED) is 0.625. The molecule has 0 radical (unpaired) electrons. The summed E-state index contributed by atoms with van der Waals surface area (Å²) < 4.78 is 10.8. The van der Waals surface area contributed by atoms with Gasteiger partial charge in [0, 0.05) is 44.6 Å². The van der Waals surface area contributed by atoms with Crippen molar-refractivity contribution in [1.82, 2.24) is 9.80 Å². The van der Waals surface area contributed by atoms with Crippen LogP contribution >= 0.6 is 0 Å². The minimum Gasteiger partial charge on any atom is -0.454 e. The summed E-state index contributed by atoms with van der Waals surface area (Å²) in [4.78, 5) is 16.7. The number of ether oxygens (including phenoxy) is 2. The van der Waals surface area contributed by atoms with Crippen molar-refractivity contribution in [1.29, 1.82) is 5.26 Å². The van der Waals surface area contributed by atoms with Crippen molar-refractivity contribution < 1.29 is 14.3 Å². The fourth-order valence-electron chi connectivity index (χ4n) is 3.39. The van der Waals surface area contributed by atoms with Crippen LogP contribution in [0.2, 0.25) is 0 Å². The third-order valence-electron chi connectivity index (χ3n) is 4.96. The Hall–Kier alpha value is -3.50. The van der Waals surface area contributed by atoms with Crippen molar-refractivity contribution >= 4 is 11.6 Å². The van der Waals surface area contributed by atoms with Crippen molar-refractivity contribution in [2.75, 3.05) is 38.3 Å². The number of nitriles is 1. The Bertz CT molecular complexity index is 944. The molecule has 2 aliphatic heterocycles. The number of hydrogen-bond donors (Lipinski definition) is 1. The lowest BCUT2D eigenvalue weighted by Crippen LogP contribution is -2.43. The molecule has 7 heteroatoms. The van der Waals surface area contributed by atoms with Gasteiger partial charge < -0.3 is 19.7 Å². The number of carbonyl (C=O) groups excluding carboxylic acids is 1. The molecule has 1 fully saturated rings. The van der Waals surface area contributed by atoms with Crippen LogP contribution in [-0.4, -0.2) is 48.7 Å². The molecule has 1 saturated heterocycles. The number of nitrogens with zero attached hydrogens (tertiary/aromatic N) is 3. The van der Waals surface area contributed by atoms with E-state index in [1.165, 1.54) is 5.56 Å². The molecule has 2 aromatic rings. The van der Waals surface area contributed by atoms with Crippen LogP contribution in [-0.2, 0) is 11.3 Å². The van der Waals surface area contributed by atoms with Crippen molar-refractivity contribution in [3.63, 3.8) is 0 Å². The molecule has 29 heavy (non-hydrogen) atoms. The van der Waals surface area contributed by atoms with Crippen LogP contribution in [0.5, 0.6) is 11.5 Å². The molecule has 0 unspecified atom stereocenters. The molecule has 0 aromatic heterocycles. The first kappa shape index (κ1) is 18.8. The summed E-state index contributed by atoms with van der Waals surface area (Å²) in [6, 6.07) is 17.2.